The van der Waals surface area contributed by atoms with Crippen molar-refractivity contribution in [3.05, 3.63) is 72.2 Å². The number of carbonyl (C=O) groups is 3. The van der Waals surface area contributed by atoms with E-state index in [1.807, 2.05) is 0 Å². The van der Waals surface area contributed by atoms with Crippen LogP contribution in [0.4, 0.5) is 11.5 Å². The molecule has 2 aromatic carbocycles. The molecule has 2 N–H and O–H groups in total. The van der Waals surface area contributed by atoms with Gasteiger partial charge in [0.25, 0.3) is 5.91 Å². The van der Waals surface area contributed by atoms with Crippen LogP contribution in [0.5, 0.6) is 0 Å². The summed E-state index contributed by atoms with van der Waals surface area (Å²) in [6, 6.07) is 13.5. The maximum absolute atomic E-state index is 12.5. The first kappa shape index (κ1) is 19.8. The lowest BCUT2D eigenvalue weighted by atomic mass is 10.1. The highest BCUT2D eigenvalue weighted by atomic mass is 16.5. The van der Waals surface area contributed by atoms with Gasteiger partial charge in [-0.15, -0.1) is 0 Å². The monoisotopic (exact) mass is 392 g/mol. The summed E-state index contributed by atoms with van der Waals surface area (Å²) in [5.74, 6) is -0.496. The first-order chi connectivity index (χ1) is 14.0. The smallest absolute Gasteiger partial charge is 0.338 e. The number of amides is 2. The van der Waals surface area contributed by atoms with Gasteiger partial charge in [-0.25, -0.2) is 9.78 Å². The summed E-state index contributed by atoms with van der Waals surface area (Å²) in [7, 11) is 0. The SMILES string of the molecule is CCOC(=O)c1cccc(NC(=O)c2ccc(-n3cnc(NC(C)=O)c3)cc2)c1. The number of hydrogen-bond acceptors (Lipinski definition) is 5. The molecular weight excluding hydrogens is 372 g/mol. The molecule has 1 heterocycles. The fraction of sp³-hybridized carbons (Fsp3) is 0.143. The van der Waals surface area contributed by atoms with Crippen LogP contribution >= 0.6 is 0 Å². The number of ether oxygens (including phenoxy) is 1. The molecular formula is C21H20N4O4. The summed E-state index contributed by atoms with van der Waals surface area (Å²) in [5, 5.41) is 5.37. The van der Waals surface area contributed by atoms with E-state index in [1.54, 1.807) is 72.5 Å². The Labute approximate surface area is 167 Å². The van der Waals surface area contributed by atoms with Gasteiger partial charge >= 0.3 is 5.97 Å². The second-order valence-electron chi connectivity index (χ2n) is 6.15. The Morgan fingerprint density at radius 2 is 1.79 bits per heavy atom. The van der Waals surface area contributed by atoms with Crippen LogP contribution in [0.2, 0.25) is 0 Å². The highest BCUT2D eigenvalue weighted by Crippen LogP contribution is 2.16. The highest BCUT2D eigenvalue weighted by molar-refractivity contribution is 6.05. The maximum atomic E-state index is 12.5. The molecule has 29 heavy (non-hydrogen) atoms. The number of nitrogens with zero attached hydrogens (tertiary/aromatic N) is 2. The van der Waals surface area contributed by atoms with Crippen LogP contribution in [0.1, 0.15) is 34.6 Å². The quantitative estimate of drug-likeness (QED) is 0.627. The van der Waals surface area contributed by atoms with E-state index in [0.29, 0.717) is 22.6 Å². The molecule has 0 unspecified atom stereocenters. The number of aromatic nitrogens is 2. The van der Waals surface area contributed by atoms with Crippen LogP contribution in [0.25, 0.3) is 5.69 Å². The average molecular weight is 392 g/mol. The lowest BCUT2D eigenvalue weighted by Crippen LogP contribution is -2.13. The van der Waals surface area contributed by atoms with Gasteiger partial charge in [-0.3, -0.25) is 9.59 Å². The zero-order chi connectivity index (χ0) is 20.8. The molecule has 8 heteroatoms. The van der Waals surface area contributed by atoms with Gasteiger partial charge in [0.2, 0.25) is 5.91 Å². The van der Waals surface area contributed by atoms with Gasteiger partial charge in [-0.2, -0.15) is 0 Å². The summed E-state index contributed by atoms with van der Waals surface area (Å²) in [6.45, 7) is 3.43. The zero-order valence-corrected chi connectivity index (χ0v) is 16.0. The molecule has 0 saturated heterocycles. The molecule has 0 aliphatic carbocycles. The van der Waals surface area contributed by atoms with Crippen molar-refractivity contribution < 1.29 is 19.1 Å². The third kappa shape index (κ3) is 5.07. The Kier molecular flexibility index (Phi) is 6.03. The van der Waals surface area contributed by atoms with E-state index in [0.717, 1.165) is 5.69 Å². The largest absolute Gasteiger partial charge is 0.462 e. The highest BCUT2D eigenvalue weighted by Gasteiger charge is 2.10. The molecule has 8 nitrogen and oxygen atoms in total. The number of imidazole rings is 1. The van der Waals surface area contributed by atoms with Gasteiger partial charge in [0.1, 0.15) is 6.33 Å². The van der Waals surface area contributed by atoms with Crippen molar-refractivity contribution in [3.8, 4) is 5.69 Å². The van der Waals surface area contributed by atoms with E-state index in [9.17, 15) is 14.4 Å². The molecule has 1 aromatic heterocycles. The number of carbonyl (C=O) groups excluding carboxylic acids is 3. The van der Waals surface area contributed by atoms with E-state index in [2.05, 4.69) is 15.6 Å². The lowest BCUT2D eigenvalue weighted by Gasteiger charge is -2.08. The normalized spacial score (nSPS) is 10.3. The van der Waals surface area contributed by atoms with Crippen molar-refractivity contribution in [2.24, 2.45) is 0 Å². The zero-order valence-electron chi connectivity index (χ0n) is 16.0. The summed E-state index contributed by atoms with van der Waals surface area (Å²) in [6.07, 6.45) is 3.25. The van der Waals surface area contributed by atoms with Crippen LogP contribution < -0.4 is 10.6 Å². The van der Waals surface area contributed by atoms with Crippen molar-refractivity contribution in [3.63, 3.8) is 0 Å². The molecule has 3 rings (SSSR count). The first-order valence-electron chi connectivity index (χ1n) is 8.97. The lowest BCUT2D eigenvalue weighted by molar-refractivity contribution is -0.114. The molecule has 2 amide bonds. The van der Waals surface area contributed by atoms with Crippen LogP contribution in [0.15, 0.2) is 61.1 Å². The third-order valence-electron chi connectivity index (χ3n) is 3.95. The molecule has 148 valence electrons. The van der Waals surface area contributed by atoms with E-state index in [-0.39, 0.29) is 18.4 Å². The summed E-state index contributed by atoms with van der Waals surface area (Å²) in [4.78, 5) is 39.5. The molecule has 0 spiro atoms. The number of hydrogen-bond donors (Lipinski definition) is 2. The first-order valence-corrected chi connectivity index (χ1v) is 8.97. The van der Waals surface area contributed by atoms with E-state index in [1.165, 1.54) is 6.92 Å². The van der Waals surface area contributed by atoms with Gasteiger partial charge in [0.15, 0.2) is 5.82 Å². The van der Waals surface area contributed by atoms with Crippen LogP contribution in [0, 0.1) is 0 Å². The Bertz CT molecular complexity index is 1040. The Balaban J connectivity index is 1.69. The van der Waals surface area contributed by atoms with E-state index in [4.69, 9.17) is 4.74 Å². The minimum absolute atomic E-state index is 0.200. The Hall–Kier alpha value is -3.94. The van der Waals surface area contributed by atoms with Crippen molar-refractivity contribution in [2.75, 3.05) is 17.2 Å². The van der Waals surface area contributed by atoms with Gasteiger partial charge in [-0.1, -0.05) is 6.07 Å². The average Bonchev–Trinajstić information content (AvgIpc) is 3.16. The minimum Gasteiger partial charge on any atom is -0.462 e. The van der Waals surface area contributed by atoms with Crippen LogP contribution in [-0.2, 0) is 9.53 Å². The Morgan fingerprint density at radius 3 is 2.48 bits per heavy atom. The van der Waals surface area contributed by atoms with Gasteiger partial charge in [0.05, 0.1) is 18.4 Å². The molecule has 0 aliphatic rings. The molecule has 0 bridgehead atoms. The summed E-state index contributed by atoms with van der Waals surface area (Å²) >= 11 is 0. The Morgan fingerprint density at radius 1 is 1.03 bits per heavy atom. The molecule has 0 fully saturated rings. The van der Waals surface area contributed by atoms with Crippen LogP contribution in [-0.4, -0.2) is 33.9 Å². The van der Waals surface area contributed by atoms with E-state index < -0.39 is 5.97 Å². The van der Waals surface area contributed by atoms with Crippen molar-refractivity contribution in [2.45, 2.75) is 13.8 Å². The predicted octanol–water partition coefficient (Wildman–Crippen LogP) is 3.26. The summed E-state index contributed by atoms with van der Waals surface area (Å²) < 4.78 is 6.70. The number of esters is 1. The fourth-order valence-electron chi connectivity index (χ4n) is 2.64. The standard InChI is InChI=1S/C21H20N4O4/c1-3-29-21(28)16-5-4-6-17(11-16)24-20(27)15-7-9-18(10-8-15)25-12-19(22-13-25)23-14(2)26/h4-13H,3H2,1-2H3,(H,23,26)(H,24,27). The number of anilines is 2. The molecule has 0 radical (unpaired) electrons. The predicted molar refractivity (Wildman–Crippen MR) is 108 cm³/mol. The second-order valence-corrected chi connectivity index (χ2v) is 6.15. The topological polar surface area (TPSA) is 102 Å². The van der Waals surface area contributed by atoms with Crippen molar-refractivity contribution in [1.82, 2.24) is 9.55 Å². The third-order valence-corrected chi connectivity index (χ3v) is 3.95. The summed E-state index contributed by atoms with van der Waals surface area (Å²) in [5.41, 5.74) is 2.11. The number of benzene rings is 2. The molecule has 0 saturated carbocycles. The minimum atomic E-state index is -0.438. The van der Waals surface area contributed by atoms with Gasteiger partial charge in [-0.05, 0) is 49.4 Å². The number of rotatable bonds is 6. The molecule has 3 aromatic rings. The maximum Gasteiger partial charge on any atom is 0.338 e. The number of nitrogens with one attached hydrogen (secondary N) is 2. The van der Waals surface area contributed by atoms with Crippen molar-refractivity contribution in [1.29, 1.82) is 0 Å². The van der Waals surface area contributed by atoms with Gasteiger partial charge in [0, 0.05) is 23.9 Å². The molecule has 0 atom stereocenters. The van der Waals surface area contributed by atoms with Crippen LogP contribution in [0.3, 0.4) is 0 Å². The van der Waals surface area contributed by atoms with E-state index >= 15 is 0 Å². The second kappa shape index (κ2) is 8.83. The van der Waals surface area contributed by atoms with Crippen molar-refractivity contribution >= 4 is 29.3 Å². The fourth-order valence-corrected chi connectivity index (χ4v) is 2.64. The molecule has 0 aliphatic heterocycles. The van der Waals surface area contributed by atoms with Gasteiger partial charge < -0.3 is 19.9 Å².